The van der Waals surface area contributed by atoms with Gasteiger partial charge in [0.1, 0.15) is 13.1 Å². The number of nitrogens with one attached hydrogen (secondary N) is 3. The normalized spacial score (nSPS) is 15.2. The molecule has 1 aromatic rings. The first-order valence-electron chi connectivity index (χ1n) is 7.83. The molecule has 0 radical (unpaired) electrons. The fourth-order valence-corrected chi connectivity index (χ4v) is 2.57. The third-order valence-corrected chi connectivity index (χ3v) is 4.24. The number of ether oxygens (including phenoxy) is 1. The molecule has 0 saturated carbocycles. The van der Waals surface area contributed by atoms with E-state index >= 15 is 0 Å². The summed E-state index contributed by atoms with van der Waals surface area (Å²) in [5.41, 5.74) is 1.43. The van der Waals surface area contributed by atoms with Crippen molar-refractivity contribution < 1.29 is 19.2 Å². The molecule has 1 saturated heterocycles. The third-order valence-electron chi connectivity index (χ3n) is 3.83. The second-order valence-corrected chi connectivity index (χ2v) is 6.05. The Hall–Kier alpha value is -1.63. The van der Waals surface area contributed by atoms with Crippen molar-refractivity contribution in [2.45, 2.75) is 13.3 Å². The fraction of sp³-hybridized carbons (Fsp3) is 0.500. The number of morpholine rings is 1. The van der Waals surface area contributed by atoms with Gasteiger partial charge in [-0.05, 0) is 24.6 Å². The van der Waals surface area contributed by atoms with E-state index < -0.39 is 11.8 Å². The van der Waals surface area contributed by atoms with E-state index in [0.717, 1.165) is 44.8 Å². The zero-order valence-electron chi connectivity index (χ0n) is 13.3. The number of halogens is 1. The third kappa shape index (κ3) is 5.82. The average Bonchev–Trinajstić information content (AvgIpc) is 2.55. The monoisotopic (exact) mass is 340 g/mol. The van der Waals surface area contributed by atoms with Crippen molar-refractivity contribution in [3.05, 3.63) is 28.8 Å². The first-order chi connectivity index (χ1) is 11.1. The summed E-state index contributed by atoms with van der Waals surface area (Å²) >= 11 is 5.99. The van der Waals surface area contributed by atoms with Gasteiger partial charge in [-0.1, -0.05) is 17.7 Å². The molecule has 126 valence electrons. The van der Waals surface area contributed by atoms with E-state index in [0.29, 0.717) is 17.3 Å². The van der Waals surface area contributed by atoms with Gasteiger partial charge in [-0.15, -0.1) is 0 Å². The van der Waals surface area contributed by atoms with E-state index in [1.165, 1.54) is 4.90 Å². The lowest BCUT2D eigenvalue weighted by Crippen LogP contribution is -3.14. The van der Waals surface area contributed by atoms with E-state index in [4.69, 9.17) is 16.3 Å². The van der Waals surface area contributed by atoms with Crippen LogP contribution in [0.2, 0.25) is 5.02 Å². The topological polar surface area (TPSA) is 71.9 Å². The largest absolute Gasteiger partial charge is 0.370 e. The predicted octanol–water partition coefficient (Wildman–Crippen LogP) is 0.00832. The van der Waals surface area contributed by atoms with Gasteiger partial charge in [0.05, 0.1) is 19.8 Å². The van der Waals surface area contributed by atoms with Gasteiger partial charge in [0.25, 0.3) is 0 Å². The minimum absolute atomic E-state index is 0.491. The summed E-state index contributed by atoms with van der Waals surface area (Å²) < 4.78 is 5.30. The van der Waals surface area contributed by atoms with Gasteiger partial charge < -0.3 is 20.3 Å². The summed E-state index contributed by atoms with van der Waals surface area (Å²) in [6.45, 7) is 6.93. The maximum Gasteiger partial charge on any atom is 0.313 e. The SMILES string of the molecule is Cc1ccc(NC(=O)C(=O)NCCC[NH+]2CCOCC2)cc1Cl. The van der Waals surface area contributed by atoms with Gasteiger partial charge in [-0.3, -0.25) is 9.59 Å². The fourth-order valence-electron chi connectivity index (χ4n) is 2.39. The molecule has 0 aromatic heterocycles. The van der Waals surface area contributed by atoms with Crippen molar-refractivity contribution in [3.8, 4) is 0 Å². The van der Waals surface area contributed by atoms with Gasteiger partial charge in [0.15, 0.2) is 0 Å². The molecule has 2 rings (SSSR count). The highest BCUT2D eigenvalue weighted by molar-refractivity contribution is 6.39. The van der Waals surface area contributed by atoms with E-state index in [9.17, 15) is 9.59 Å². The van der Waals surface area contributed by atoms with Crippen LogP contribution in [0.25, 0.3) is 0 Å². The van der Waals surface area contributed by atoms with Crippen molar-refractivity contribution in [1.82, 2.24) is 5.32 Å². The van der Waals surface area contributed by atoms with E-state index in [1.807, 2.05) is 6.92 Å². The maximum absolute atomic E-state index is 11.8. The molecule has 1 aromatic carbocycles. The standard InChI is InChI=1S/C16H22ClN3O3/c1-12-3-4-13(11-14(12)17)19-16(22)15(21)18-5-2-6-20-7-9-23-10-8-20/h3-4,11H,2,5-10H2,1H3,(H,18,21)(H,19,22)/p+1. The van der Waals surface area contributed by atoms with Crippen molar-refractivity contribution >= 4 is 29.1 Å². The Morgan fingerprint density at radius 2 is 2.00 bits per heavy atom. The van der Waals surface area contributed by atoms with E-state index in [2.05, 4.69) is 10.6 Å². The number of aryl methyl sites for hydroxylation is 1. The van der Waals surface area contributed by atoms with Crippen LogP contribution in [0, 0.1) is 6.92 Å². The molecular weight excluding hydrogens is 318 g/mol. The van der Waals surface area contributed by atoms with E-state index in [-0.39, 0.29) is 0 Å². The number of hydrogen-bond donors (Lipinski definition) is 3. The highest BCUT2D eigenvalue weighted by atomic mass is 35.5. The van der Waals surface area contributed by atoms with Crippen molar-refractivity contribution in [1.29, 1.82) is 0 Å². The predicted molar refractivity (Wildman–Crippen MR) is 88.8 cm³/mol. The lowest BCUT2D eigenvalue weighted by molar-refractivity contribution is -0.908. The Morgan fingerprint density at radius 3 is 2.70 bits per heavy atom. The first-order valence-corrected chi connectivity index (χ1v) is 8.20. The Bertz CT molecular complexity index is 560. The Labute approximate surface area is 141 Å². The lowest BCUT2D eigenvalue weighted by atomic mass is 10.2. The van der Waals surface area contributed by atoms with Crippen LogP contribution in [0.3, 0.4) is 0 Å². The number of carbonyl (C=O) groups excluding carboxylic acids is 2. The smallest absolute Gasteiger partial charge is 0.313 e. The molecule has 1 aliphatic rings. The molecule has 3 N–H and O–H groups in total. The Kier molecular flexibility index (Phi) is 6.83. The van der Waals surface area contributed by atoms with Crippen LogP contribution in [-0.4, -0.2) is 51.2 Å². The average molecular weight is 341 g/mol. The molecule has 0 aliphatic carbocycles. The van der Waals surface area contributed by atoms with Crippen molar-refractivity contribution in [3.63, 3.8) is 0 Å². The van der Waals surface area contributed by atoms with E-state index in [1.54, 1.807) is 18.2 Å². The van der Waals surface area contributed by atoms with Crippen LogP contribution < -0.4 is 15.5 Å². The second kappa shape index (κ2) is 8.86. The number of carbonyl (C=O) groups is 2. The maximum atomic E-state index is 11.8. The zero-order chi connectivity index (χ0) is 16.7. The van der Waals surface area contributed by atoms with Gasteiger partial charge in [0.2, 0.25) is 0 Å². The van der Waals surface area contributed by atoms with Gasteiger partial charge >= 0.3 is 11.8 Å². The number of rotatable bonds is 5. The Balaban J connectivity index is 1.68. The first kappa shape index (κ1) is 17.7. The van der Waals surface area contributed by atoms with Gasteiger partial charge in [0, 0.05) is 23.7 Å². The quantitative estimate of drug-likeness (QED) is 0.522. The van der Waals surface area contributed by atoms with Crippen LogP contribution >= 0.6 is 11.6 Å². The van der Waals surface area contributed by atoms with Crippen molar-refractivity contribution in [2.75, 3.05) is 44.7 Å². The summed E-state index contributed by atoms with van der Waals surface area (Å²) in [6.07, 6.45) is 0.838. The number of amides is 2. The Morgan fingerprint density at radius 1 is 1.26 bits per heavy atom. The molecule has 1 heterocycles. The minimum atomic E-state index is -0.677. The van der Waals surface area contributed by atoms with Gasteiger partial charge in [-0.25, -0.2) is 0 Å². The lowest BCUT2D eigenvalue weighted by Gasteiger charge is -2.23. The summed E-state index contributed by atoms with van der Waals surface area (Å²) in [7, 11) is 0. The van der Waals surface area contributed by atoms with Crippen molar-refractivity contribution in [2.24, 2.45) is 0 Å². The molecule has 0 spiro atoms. The summed E-state index contributed by atoms with van der Waals surface area (Å²) in [4.78, 5) is 25.1. The number of anilines is 1. The zero-order valence-corrected chi connectivity index (χ0v) is 14.0. The van der Waals surface area contributed by atoms with Crippen LogP contribution in [-0.2, 0) is 14.3 Å². The molecule has 0 atom stereocenters. The number of quaternary nitrogens is 1. The summed E-state index contributed by atoms with van der Waals surface area (Å²) in [5.74, 6) is -1.30. The van der Waals surface area contributed by atoms with Crippen LogP contribution in [0.1, 0.15) is 12.0 Å². The summed E-state index contributed by atoms with van der Waals surface area (Å²) in [6, 6.07) is 5.14. The molecule has 23 heavy (non-hydrogen) atoms. The van der Waals surface area contributed by atoms with Crippen LogP contribution in [0.15, 0.2) is 18.2 Å². The molecule has 0 unspecified atom stereocenters. The highest BCUT2D eigenvalue weighted by Gasteiger charge is 2.15. The van der Waals surface area contributed by atoms with Gasteiger partial charge in [-0.2, -0.15) is 0 Å². The molecule has 1 aliphatic heterocycles. The minimum Gasteiger partial charge on any atom is -0.370 e. The number of hydrogen-bond acceptors (Lipinski definition) is 3. The second-order valence-electron chi connectivity index (χ2n) is 5.64. The molecule has 2 amide bonds. The van der Waals surface area contributed by atoms with Crippen LogP contribution in [0.4, 0.5) is 5.69 Å². The molecule has 0 bridgehead atoms. The molecule has 1 fully saturated rings. The summed E-state index contributed by atoms with van der Waals surface area (Å²) in [5, 5.41) is 5.74. The molecular formula is C16H23ClN3O3+. The number of benzene rings is 1. The van der Waals surface area contributed by atoms with Crippen LogP contribution in [0.5, 0.6) is 0 Å². The molecule has 7 heteroatoms. The highest BCUT2D eigenvalue weighted by Crippen LogP contribution is 2.19. The molecule has 6 nitrogen and oxygen atoms in total.